The molecular formula is C12H18N4O2. The molecule has 1 aliphatic heterocycles. The summed E-state index contributed by atoms with van der Waals surface area (Å²) in [6.07, 6.45) is 0.871. The van der Waals surface area contributed by atoms with Crippen LogP contribution in [0.1, 0.15) is 13.8 Å². The van der Waals surface area contributed by atoms with E-state index in [1.54, 1.807) is 12.3 Å². The van der Waals surface area contributed by atoms with Gasteiger partial charge in [-0.2, -0.15) is 0 Å². The Morgan fingerprint density at radius 3 is 2.44 bits per heavy atom. The molecule has 2 atom stereocenters. The average molecular weight is 250 g/mol. The number of piperazine rings is 1. The van der Waals surface area contributed by atoms with Gasteiger partial charge in [0.1, 0.15) is 5.82 Å². The molecule has 1 fully saturated rings. The van der Waals surface area contributed by atoms with Crippen LogP contribution in [0, 0.1) is 0 Å². The number of nitrogen functional groups attached to an aromatic ring is 1. The van der Waals surface area contributed by atoms with Crippen molar-refractivity contribution in [2.24, 2.45) is 0 Å². The molecule has 98 valence electrons. The third-order valence-corrected chi connectivity index (χ3v) is 3.28. The minimum absolute atomic E-state index is 0.0381. The predicted molar refractivity (Wildman–Crippen MR) is 69.7 cm³/mol. The smallest absolute Gasteiger partial charge is 0.407 e. The molecule has 1 saturated heterocycles. The van der Waals surface area contributed by atoms with E-state index in [1.807, 2.05) is 19.9 Å². The Kier molecular flexibility index (Phi) is 3.27. The van der Waals surface area contributed by atoms with Gasteiger partial charge in [-0.1, -0.05) is 0 Å². The lowest BCUT2D eigenvalue weighted by Gasteiger charge is -2.43. The number of amides is 1. The number of nitrogens with zero attached hydrogens (tertiary/aromatic N) is 3. The number of aromatic nitrogens is 1. The summed E-state index contributed by atoms with van der Waals surface area (Å²) in [7, 11) is 0. The topological polar surface area (TPSA) is 82.7 Å². The van der Waals surface area contributed by atoms with Gasteiger partial charge in [-0.25, -0.2) is 9.78 Å². The first-order valence-electron chi connectivity index (χ1n) is 5.96. The fraction of sp³-hybridized carbons (Fsp3) is 0.500. The maximum atomic E-state index is 11.1. The van der Waals surface area contributed by atoms with Crippen LogP contribution in [0.3, 0.4) is 0 Å². The highest BCUT2D eigenvalue weighted by atomic mass is 16.4. The van der Waals surface area contributed by atoms with Gasteiger partial charge in [-0.3, -0.25) is 4.90 Å². The van der Waals surface area contributed by atoms with Crippen LogP contribution in [-0.2, 0) is 0 Å². The Morgan fingerprint density at radius 2 is 2.00 bits per heavy atom. The van der Waals surface area contributed by atoms with E-state index in [1.165, 1.54) is 4.90 Å². The quantitative estimate of drug-likeness (QED) is 0.783. The van der Waals surface area contributed by atoms with E-state index in [4.69, 9.17) is 10.8 Å². The molecule has 1 aromatic rings. The van der Waals surface area contributed by atoms with Gasteiger partial charge in [0.15, 0.2) is 0 Å². The second-order valence-electron chi connectivity index (χ2n) is 4.73. The number of anilines is 2. The first-order chi connectivity index (χ1) is 8.49. The van der Waals surface area contributed by atoms with Crippen molar-refractivity contribution >= 4 is 17.6 Å². The Labute approximate surface area is 106 Å². The molecule has 6 nitrogen and oxygen atoms in total. The minimum atomic E-state index is -0.856. The van der Waals surface area contributed by atoms with Crippen LogP contribution in [0.4, 0.5) is 16.3 Å². The maximum absolute atomic E-state index is 11.1. The van der Waals surface area contributed by atoms with E-state index in [-0.39, 0.29) is 12.1 Å². The molecule has 2 rings (SSSR count). The summed E-state index contributed by atoms with van der Waals surface area (Å²) in [4.78, 5) is 18.8. The molecule has 1 aromatic heterocycles. The molecule has 6 heteroatoms. The molecular weight excluding hydrogens is 232 g/mol. The lowest BCUT2D eigenvalue weighted by atomic mass is 10.1. The van der Waals surface area contributed by atoms with Gasteiger partial charge >= 0.3 is 6.09 Å². The van der Waals surface area contributed by atoms with Crippen molar-refractivity contribution in [2.75, 3.05) is 23.7 Å². The van der Waals surface area contributed by atoms with E-state index in [0.717, 1.165) is 5.69 Å². The van der Waals surface area contributed by atoms with Crippen molar-refractivity contribution in [3.8, 4) is 0 Å². The number of hydrogen-bond acceptors (Lipinski definition) is 4. The van der Waals surface area contributed by atoms with E-state index in [2.05, 4.69) is 9.88 Å². The summed E-state index contributed by atoms with van der Waals surface area (Å²) >= 11 is 0. The molecule has 0 aliphatic carbocycles. The summed E-state index contributed by atoms with van der Waals surface area (Å²) in [5.41, 5.74) is 6.54. The summed E-state index contributed by atoms with van der Waals surface area (Å²) < 4.78 is 0. The number of carboxylic acid groups (broad SMARTS) is 1. The Hall–Kier alpha value is -1.98. The zero-order valence-electron chi connectivity index (χ0n) is 10.6. The number of rotatable bonds is 1. The molecule has 18 heavy (non-hydrogen) atoms. The van der Waals surface area contributed by atoms with E-state index in [9.17, 15) is 4.79 Å². The normalized spacial score (nSPS) is 24.1. The standard InChI is InChI=1S/C12H18N4O2/c1-8-6-15(7-9(2)16(8)12(17)18)10-3-4-11(13)14-5-10/h3-5,8-9H,6-7H2,1-2H3,(H2,13,14)(H,17,18)/t8-,9+. The summed E-state index contributed by atoms with van der Waals surface area (Å²) in [5, 5.41) is 9.15. The minimum Gasteiger partial charge on any atom is -0.465 e. The summed E-state index contributed by atoms with van der Waals surface area (Å²) in [6, 6.07) is 3.60. The zero-order valence-corrected chi connectivity index (χ0v) is 10.6. The fourth-order valence-corrected chi connectivity index (χ4v) is 2.50. The van der Waals surface area contributed by atoms with Gasteiger partial charge in [0.2, 0.25) is 0 Å². The molecule has 0 radical (unpaired) electrons. The molecule has 1 amide bonds. The highest BCUT2D eigenvalue weighted by molar-refractivity contribution is 5.66. The maximum Gasteiger partial charge on any atom is 0.407 e. The Balaban J connectivity index is 2.15. The average Bonchev–Trinajstić information content (AvgIpc) is 2.28. The molecule has 0 saturated carbocycles. The van der Waals surface area contributed by atoms with Crippen LogP contribution in [0.2, 0.25) is 0 Å². The van der Waals surface area contributed by atoms with E-state index >= 15 is 0 Å². The highest BCUT2D eigenvalue weighted by Gasteiger charge is 2.32. The molecule has 0 aromatic carbocycles. The third-order valence-electron chi connectivity index (χ3n) is 3.28. The van der Waals surface area contributed by atoms with Crippen molar-refractivity contribution in [3.63, 3.8) is 0 Å². The van der Waals surface area contributed by atoms with Crippen molar-refractivity contribution in [1.29, 1.82) is 0 Å². The largest absolute Gasteiger partial charge is 0.465 e. The molecule has 0 spiro atoms. The summed E-state index contributed by atoms with van der Waals surface area (Å²) in [6.45, 7) is 5.17. The van der Waals surface area contributed by atoms with Crippen LogP contribution < -0.4 is 10.6 Å². The van der Waals surface area contributed by atoms with Gasteiger partial charge in [0, 0.05) is 13.1 Å². The molecule has 3 N–H and O–H groups in total. The molecule has 1 aliphatic rings. The predicted octanol–water partition coefficient (Wildman–Crippen LogP) is 1.24. The molecule has 2 heterocycles. The van der Waals surface area contributed by atoms with Crippen molar-refractivity contribution in [3.05, 3.63) is 18.3 Å². The van der Waals surface area contributed by atoms with Crippen LogP contribution >= 0.6 is 0 Å². The monoisotopic (exact) mass is 250 g/mol. The molecule has 0 unspecified atom stereocenters. The van der Waals surface area contributed by atoms with Gasteiger partial charge in [0.25, 0.3) is 0 Å². The van der Waals surface area contributed by atoms with E-state index < -0.39 is 6.09 Å². The SMILES string of the molecule is C[C@@H]1CN(c2ccc(N)nc2)C[C@H](C)N1C(=O)O. The van der Waals surface area contributed by atoms with Crippen LogP contribution in [0.25, 0.3) is 0 Å². The Morgan fingerprint density at radius 1 is 1.39 bits per heavy atom. The third kappa shape index (κ3) is 2.32. The lowest BCUT2D eigenvalue weighted by molar-refractivity contribution is 0.0982. The number of hydrogen-bond donors (Lipinski definition) is 2. The second-order valence-corrected chi connectivity index (χ2v) is 4.73. The summed E-state index contributed by atoms with van der Waals surface area (Å²) in [5.74, 6) is 0.490. The van der Waals surface area contributed by atoms with Gasteiger partial charge in [-0.05, 0) is 26.0 Å². The zero-order chi connectivity index (χ0) is 13.3. The van der Waals surface area contributed by atoms with Crippen molar-refractivity contribution < 1.29 is 9.90 Å². The van der Waals surface area contributed by atoms with Crippen LogP contribution in [0.5, 0.6) is 0 Å². The first-order valence-corrected chi connectivity index (χ1v) is 5.96. The number of pyridine rings is 1. The fourth-order valence-electron chi connectivity index (χ4n) is 2.50. The number of nitrogens with two attached hydrogens (primary N) is 1. The Bertz CT molecular complexity index is 422. The number of carbonyl (C=O) groups is 1. The van der Waals surface area contributed by atoms with Gasteiger partial charge in [0.05, 0.1) is 24.0 Å². The van der Waals surface area contributed by atoms with E-state index in [0.29, 0.717) is 18.9 Å². The second kappa shape index (κ2) is 4.72. The molecule has 0 bridgehead atoms. The van der Waals surface area contributed by atoms with Gasteiger partial charge in [-0.15, -0.1) is 0 Å². The van der Waals surface area contributed by atoms with Gasteiger partial charge < -0.3 is 15.7 Å². The van der Waals surface area contributed by atoms with Crippen LogP contribution in [0.15, 0.2) is 18.3 Å². The van der Waals surface area contributed by atoms with Crippen molar-refractivity contribution in [2.45, 2.75) is 25.9 Å². The van der Waals surface area contributed by atoms with Crippen molar-refractivity contribution in [1.82, 2.24) is 9.88 Å². The first kappa shape index (κ1) is 12.5. The van der Waals surface area contributed by atoms with Crippen LogP contribution in [-0.4, -0.2) is 46.3 Å². The lowest BCUT2D eigenvalue weighted by Crippen LogP contribution is -2.58. The highest BCUT2D eigenvalue weighted by Crippen LogP contribution is 2.22.